The van der Waals surface area contributed by atoms with Crippen molar-refractivity contribution in [2.24, 2.45) is 0 Å². The molecule has 0 fully saturated rings. The van der Waals surface area contributed by atoms with Gasteiger partial charge >= 0.3 is 6.09 Å². The van der Waals surface area contributed by atoms with Crippen LogP contribution in [0.4, 0.5) is 4.79 Å². The monoisotopic (exact) mass is 448 g/mol. The molecular formula is C19H14BrClN2O2S. The summed E-state index contributed by atoms with van der Waals surface area (Å²) in [6.07, 6.45) is 3.26. The molecule has 1 atom stereocenters. The van der Waals surface area contributed by atoms with Gasteiger partial charge in [-0.15, -0.1) is 11.3 Å². The van der Waals surface area contributed by atoms with Crippen LogP contribution in [0.15, 0.2) is 52.6 Å². The zero-order chi connectivity index (χ0) is 18.3. The van der Waals surface area contributed by atoms with Crippen molar-refractivity contribution in [3.8, 4) is 10.4 Å². The SMILES string of the molecule is O=C(O)N1CCc2cc(Cl)ccc2C1c1cc(-c2ccncc2)sc1Br. The van der Waals surface area contributed by atoms with Crippen molar-refractivity contribution in [1.29, 1.82) is 0 Å². The van der Waals surface area contributed by atoms with Crippen molar-refractivity contribution in [3.63, 3.8) is 0 Å². The van der Waals surface area contributed by atoms with Crippen molar-refractivity contribution in [2.75, 3.05) is 6.54 Å². The maximum Gasteiger partial charge on any atom is 0.408 e. The van der Waals surface area contributed by atoms with Crippen molar-refractivity contribution >= 4 is 45.0 Å². The fourth-order valence-corrected chi connectivity index (χ4v) is 5.34. The fraction of sp³-hybridized carbons (Fsp3) is 0.158. The number of rotatable bonds is 2. The van der Waals surface area contributed by atoms with E-state index in [0.717, 1.165) is 30.9 Å². The van der Waals surface area contributed by atoms with Crippen molar-refractivity contribution < 1.29 is 9.90 Å². The maximum absolute atomic E-state index is 11.9. The first-order valence-corrected chi connectivity index (χ1v) is 10.0. The number of benzene rings is 1. The van der Waals surface area contributed by atoms with E-state index in [-0.39, 0.29) is 6.04 Å². The molecule has 0 aliphatic carbocycles. The van der Waals surface area contributed by atoms with Gasteiger partial charge in [0.2, 0.25) is 0 Å². The lowest BCUT2D eigenvalue weighted by Gasteiger charge is -2.35. The topological polar surface area (TPSA) is 53.4 Å². The fourth-order valence-electron chi connectivity index (χ4n) is 3.36. The molecule has 3 aromatic rings. The van der Waals surface area contributed by atoms with Crippen LogP contribution in [0.2, 0.25) is 5.02 Å². The normalized spacial score (nSPS) is 16.4. The third-order valence-corrected chi connectivity index (χ3v) is 6.72. The first kappa shape index (κ1) is 17.5. The Morgan fingerprint density at radius 1 is 1.23 bits per heavy atom. The summed E-state index contributed by atoms with van der Waals surface area (Å²) in [6, 6.07) is 11.3. The number of halogens is 2. The molecule has 0 saturated carbocycles. The highest BCUT2D eigenvalue weighted by atomic mass is 79.9. The second kappa shape index (κ2) is 7.02. The number of nitrogens with zero attached hydrogens (tertiary/aromatic N) is 2. The number of thiophene rings is 1. The minimum absolute atomic E-state index is 0.352. The van der Waals surface area contributed by atoms with Crippen LogP contribution in [-0.2, 0) is 6.42 Å². The lowest BCUT2D eigenvalue weighted by molar-refractivity contribution is 0.129. The molecule has 7 heteroatoms. The smallest absolute Gasteiger partial charge is 0.408 e. The Kier molecular flexibility index (Phi) is 4.73. The molecule has 0 saturated heterocycles. The second-order valence-electron chi connectivity index (χ2n) is 6.05. The van der Waals surface area contributed by atoms with E-state index >= 15 is 0 Å². The van der Waals surface area contributed by atoms with Crippen molar-refractivity contribution in [2.45, 2.75) is 12.5 Å². The molecule has 1 unspecified atom stereocenters. The van der Waals surface area contributed by atoms with E-state index in [1.165, 1.54) is 4.90 Å². The van der Waals surface area contributed by atoms with Crippen LogP contribution in [0.1, 0.15) is 22.7 Å². The van der Waals surface area contributed by atoms with E-state index in [0.29, 0.717) is 18.0 Å². The standard InChI is InChI=1S/C19H14BrClN2O2S/c20-18-15(10-16(26-18)11-3-6-22-7-4-11)17-14-2-1-13(21)9-12(14)5-8-23(17)19(24)25/h1-4,6-7,9-10,17H,5,8H2,(H,24,25). The number of carboxylic acid groups (broad SMARTS) is 1. The van der Waals surface area contributed by atoms with Crippen LogP contribution in [-0.4, -0.2) is 27.6 Å². The molecule has 1 N–H and O–H groups in total. The van der Waals surface area contributed by atoms with Gasteiger partial charge in [-0.25, -0.2) is 4.79 Å². The average Bonchev–Trinajstić information content (AvgIpc) is 3.02. The second-order valence-corrected chi connectivity index (χ2v) is 8.85. The van der Waals surface area contributed by atoms with Crippen molar-refractivity contribution in [1.82, 2.24) is 9.88 Å². The molecule has 0 bridgehead atoms. The third-order valence-electron chi connectivity index (χ3n) is 4.55. The highest BCUT2D eigenvalue weighted by Crippen LogP contribution is 2.44. The summed E-state index contributed by atoms with van der Waals surface area (Å²) in [7, 11) is 0. The summed E-state index contributed by atoms with van der Waals surface area (Å²) >= 11 is 11.4. The highest BCUT2D eigenvalue weighted by Gasteiger charge is 2.34. The van der Waals surface area contributed by atoms with Crippen LogP contribution in [0, 0.1) is 0 Å². The van der Waals surface area contributed by atoms with Gasteiger partial charge in [0.25, 0.3) is 0 Å². The van der Waals surface area contributed by atoms with Crippen LogP contribution < -0.4 is 0 Å². The summed E-state index contributed by atoms with van der Waals surface area (Å²) < 4.78 is 0.934. The van der Waals surface area contributed by atoms with Crippen molar-refractivity contribution in [3.05, 3.63) is 74.3 Å². The van der Waals surface area contributed by atoms with Gasteiger partial charge in [-0.05, 0) is 69.4 Å². The van der Waals surface area contributed by atoms with Crippen LogP contribution >= 0.6 is 38.9 Å². The minimum Gasteiger partial charge on any atom is -0.465 e. The molecule has 132 valence electrons. The van der Waals surface area contributed by atoms with Gasteiger partial charge in [-0.1, -0.05) is 17.7 Å². The van der Waals surface area contributed by atoms with Gasteiger partial charge in [0.05, 0.1) is 9.83 Å². The van der Waals surface area contributed by atoms with Gasteiger partial charge in [0.15, 0.2) is 0 Å². The Labute approximate surface area is 168 Å². The summed E-state index contributed by atoms with van der Waals surface area (Å²) in [5, 5.41) is 10.4. The number of fused-ring (bicyclic) bond motifs is 1. The highest BCUT2D eigenvalue weighted by molar-refractivity contribution is 9.11. The number of carbonyl (C=O) groups is 1. The van der Waals surface area contributed by atoms with Gasteiger partial charge in [0.1, 0.15) is 0 Å². The van der Waals surface area contributed by atoms with Gasteiger partial charge < -0.3 is 5.11 Å². The molecule has 2 aromatic heterocycles. The largest absolute Gasteiger partial charge is 0.465 e. The lowest BCUT2D eigenvalue weighted by atomic mass is 9.89. The molecule has 4 rings (SSSR count). The molecule has 1 amide bonds. The molecule has 1 aliphatic rings. The van der Waals surface area contributed by atoms with E-state index in [4.69, 9.17) is 11.6 Å². The Hall–Kier alpha value is -1.89. The molecule has 0 radical (unpaired) electrons. The molecular weight excluding hydrogens is 436 g/mol. The molecule has 4 nitrogen and oxygen atoms in total. The lowest BCUT2D eigenvalue weighted by Crippen LogP contribution is -2.39. The Morgan fingerprint density at radius 3 is 2.73 bits per heavy atom. The van der Waals surface area contributed by atoms with Crippen LogP contribution in [0.25, 0.3) is 10.4 Å². The summed E-state index contributed by atoms with van der Waals surface area (Å²) in [5.74, 6) is 0. The molecule has 0 spiro atoms. The first-order chi connectivity index (χ1) is 12.5. The minimum atomic E-state index is -0.917. The number of hydrogen-bond donors (Lipinski definition) is 1. The van der Waals surface area contributed by atoms with Crippen LogP contribution in [0.3, 0.4) is 0 Å². The number of amides is 1. The first-order valence-electron chi connectivity index (χ1n) is 8.02. The summed E-state index contributed by atoms with van der Waals surface area (Å²) in [4.78, 5) is 18.5. The van der Waals surface area contributed by atoms with E-state index in [1.54, 1.807) is 23.7 Å². The number of hydrogen-bond acceptors (Lipinski definition) is 3. The summed E-state index contributed by atoms with van der Waals surface area (Å²) in [6.45, 7) is 0.445. The van der Waals surface area contributed by atoms with E-state index < -0.39 is 6.09 Å². The van der Waals surface area contributed by atoms with Crippen LogP contribution in [0.5, 0.6) is 0 Å². The Morgan fingerprint density at radius 2 is 2.00 bits per heavy atom. The quantitative estimate of drug-likeness (QED) is 0.534. The number of aromatic nitrogens is 1. The zero-order valence-electron chi connectivity index (χ0n) is 13.5. The van der Waals surface area contributed by atoms with Gasteiger partial charge in [-0.2, -0.15) is 0 Å². The zero-order valence-corrected chi connectivity index (χ0v) is 16.7. The van der Waals surface area contributed by atoms with Gasteiger partial charge in [0, 0.05) is 34.4 Å². The molecule has 26 heavy (non-hydrogen) atoms. The van der Waals surface area contributed by atoms with Gasteiger partial charge in [-0.3, -0.25) is 9.88 Å². The maximum atomic E-state index is 11.9. The number of pyridine rings is 1. The Bertz CT molecular complexity index is 977. The van der Waals surface area contributed by atoms with E-state index in [1.807, 2.05) is 30.3 Å². The molecule has 3 heterocycles. The molecule has 1 aliphatic heterocycles. The summed E-state index contributed by atoms with van der Waals surface area (Å²) in [5.41, 5.74) is 4.10. The van der Waals surface area contributed by atoms with E-state index in [9.17, 15) is 9.90 Å². The molecule has 1 aromatic carbocycles. The predicted octanol–water partition coefficient (Wildman–Crippen LogP) is 5.85. The van der Waals surface area contributed by atoms with E-state index in [2.05, 4.69) is 27.0 Å². The predicted molar refractivity (Wildman–Crippen MR) is 107 cm³/mol. The Balaban J connectivity index is 1.85. The average molecular weight is 450 g/mol. The third kappa shape index (κ3) is 3.13.